The third-order valence-corrected chi connectivity index (χ3v) is 7.30. The highest BCUT2D eigenvalue weighted by molar-refractivity contribution is 5.97. The summed E-state index contributed by atoms with van der Waals surface area (Å²) in [6.45, 7) is 5.70. The molecule has 0 bridgehead atoms. The highest BCUT2D eigenvalue weighted by Crippen LogP contribution is 2.33. The molecular formula is C30H27FN8O. The van der Waals surface area contributed by atoms with Gasteiger partial charge in [-0.3, -0.25) is 25.0 Å². The molecular weight excluding hydrogens is 507 g/mol. The first kappa shape index (κ1) is 24.3. The zero-order valence-corrected chi connectivity index (χ0v) is 22.0. The first-order chi connectivity index (χ1) is 19.6. The van der Waals surface area contributed by atoms with Gasteiger partial charge in [-0.15, -0.1) is 0 Å². The van der Waals surface area contributed by atoms with Gasteiger partial charge in [-0.2, -0.15) is 5.10 Å². The number of hydrogen-bond acceptors (Lipinski definition) is 7. The molecule has 200 valence electrons. The van der Waals surface area contributed by atoms with Crippen molar-refractivity contribution >= 4 is 21.9 Å². The van der Waals surface area contributed by atoms with Crippen molar-refractivity contribution in [1.82, 2.24) is 40.0 Å². The van der Waals surface area contributed by atoms with Crippen LogP contribution in [0.15, 0.2) is 61.3 Å². The molecule has 0 radical (unpaired) electrons. The van der Waals surface area contributed by atoms with Gasteiger partial charge >= 0.3 is 0 Å². The normalized spacial score (nSPS) is 13.9. The molecule has 6 aromatic rings. The molecule has 6 heterocycles. The molecule has 0 atom stereocenters. The van der Waals surface area contributed by atoms with Gasteiger partial charge < -0.3 is 9.72 Å². The fourth-order valence-corrected chi connectivity index (χ4v) is 5.34. The SMILES string of the molecule is Cc1cc(F)cc(-c2cncc3[nH]c(-c4n[nH]c5cnc(-c6cncc(OCCN7CCCC7)c6)cc45)nc23)c1. The maximum absolute atomic E-state index is 14.2. The lowest BCUT2D eigenvalue weighted by Gasteiger charge is -2.15. The number of hydrogen-bond donors (Lipinski definition) is 2. The Morgan fingerprint density at radius 3 is 2.67 bits per heavy atom. The number of H-pyrrole nitrogens is 2. The Morgan fingerprint density at radius 2 is 1.80 bits per heavy atom. The van der Waals surface area contributed by atoms with Crippen molar-refractivity contribution in [3.05, 3.63) is 72.7 Å². The average molecular weight is 535 g/mol. The largest absolute Gasteiger partial charge is 0.491 e. The van der Waals surface area contributed by atoms with Crippen molar-refractivity contribution in [2.75, 3.05) is 26.2 Å². The average Bonchev–Trinajstić information content (AvgIpc) is 3.71. The molecule has 0 aliphatic carbocycles. The number of ether oxygens (including phenoxy) is 1. The van der Waals surface area contributed by atoms with Crippen molar-refractivity contribution in [3.63, 3.8) is 0 Å². The van der Waals surface area contributed by atoms with Gasteiger partial charge in [0, 0.05) is 35.5 Å². The number of fused-ring (bicyclic) bond motifs is 2. The van der Waals surface area contributed by atoms with Gasteiger partial charge in [0.1, 0.15) is 23.9 Å². The Balaban J connectivity index is 1.21. The van der Waals surface area contributed by atoms with E-state index in [-0.39, 0.29) is 5.82 Å². The third-order valence-electron chi connectivity index (χ3n) is 7.30. The predicted molar refractivity (Wildman–Crippen MR) is 151 cm³/mol. The molecule has 0 amide bonds. The molecule has 1 aliphatic heterocycles. The summed E-state index contributed by atoms with van der Waals surface area (Å²) >= 11 is 0. The van der Waals surface area contributed by atoms with Crippen LogP contribution < -0.4 is 4.74 Å². The lowest BCUT2D eigenvalue weighted by atomic mass is 10.0. The first-order valence-corrected chi connectivity index (χ1v) is 13.4. The minimum Gasteiger partial charge on any atom is -0.491 e. The van der Waals surface area contributed by atoms with E-state index in [1.165, 1.54) is 25.0 Å². The van der Waals surface area contributed by atoms with Crippen LogP contribution in [0.5, 0.6) is 5.75 Å². The number of imidazole rings is 1. The Hall–Kier alpha value is -4.70. The van der Waals surface area contributed by atoms with Gasteiger partial charge in [-0.25, -0.2) is 9.37 Å². The summed E-state index contributed by atoms with van der Waals surface area (Å²) in [6.07, 6.45) is 11.2. The Kier molecular flexibility index (Phi) is 6.16. The van der Waals surface area contributed by atoms with E-state index >= 15 is 0 Å². The second kappa shape index (κ2) is 10.1. The summed E-state index contributed by atoms with van der Waals surface area (Å²) < 4.78 is 20.2. The monoisotopic (exact) mass is 534 g/mol. The van der Waals surface area contributed by atoms with Crippen LogP contribution in [0, 0.1) is 12.7 Å². The fourth-order valence-electron chi connectivity index (χ4n) is 5.34. The third kappa shape index (κ3) is 4.66. The minimum absolute atomic E-state index is 0.295. The summed E-state index contributed by atoms with van der Waals surface area (Å²) in [5.74, 6) is 1.01. The number of aromatic amines is 2. The number of aromatic nitrogens is 7. The van der Waals surface area contributed by atoms with Crippen LogP contribution in [-0.2, 0) is 0 Å². The van der Waals surface area contributed by atoms with Gasteiger partial charge in [0.25, 0.3) is 0 Å². The van der Waals surface area contributed by atoms with E-state index in [1.54, 1.807) is 31.0 Å². The predicted octanol–water partition coefficient (Wildman–Crippen LogP) is 5.55. The second-order valence-corrected chi connectivity index (χ2v) is 10.2. The molecule has 10 heteroatoms. The zero-order chi connectivity index (χ0) is 27.1. The number of aryl methyl sites for hydroxylation is 1. The molecule has 5 aromatic heterocycles. The van der Waals surface area contributed by atoms with E-state index in [4.69, 9.17) is 9.72 Å². The zero-order valence-electron chi connectivity index (χ0n) is 22.0. The smallest absolute Gasteiger partial charge is 0.159 e. The van der Waals surface area contributed by atoms with Crippen molar-refractivity contribution in [3.8, 4) is 39.7 Å². The maximum atomic E-state index is 14.2. The summed E-state index contributed by atoms with van der Waals surface area (Å²) in [5.41, 5.74) is 6.78. The van der Waals surface area contributed by atoms with Gasteiger partial charge in [0.2, 0.25) is 0 Å². The van der Waals surface area contributed by atoms with E-state index in [0.29, 0.717) is 23.6 Å². The Labute approximate surface area is 229 Å². The van der Waals surface area contributed by atoms with Gasteiger partial charge in [0.15, 0.2) is 5.82 Å². The van der Waals surface area contributed by atoms with Crippen molar-refractivity contribution in [2.45, 2.75) is 19.8 Å². The standard InChI is InChI=1S/C30H27FN8O/c1-18-8-19(10-21(31)9-18)24-15-33-16-27-28(24)36-30(35-27)29-23-12-25(34-17-26(23)37-38-29)20-11-22(14-32-13-20)40-7-6-39-4-2-3-5-39/h8-17H,2-7H2,1H3,(H,35,36)(H,37,38). The highest BCUT2D eigenvalue weighted by Gasteiger charge is 2.17. The van der Waals surface area contributed by atoms with Crippen LogP contribution >= 0.6 is 0 Å². The van der Waals surface area contributed by atoms with E-state index in [0.717, 1.165) is 69.8 Å². The first-order valence-electron chi connectivity index (χ1n) is 13.4. The number of rotatable bonds is 7. The molecule has 2 N–H and O–H groups in total. The van der Waals surface area contributed by atoms with Crippen molar-refractivity contribution in [1.29, 1.82) is 0 Å². The Bertz CT molecular complexity index is 1820. The van der Waals surface area contributed by atoms with Crippen LogP contribution in [0.4, 0.5) is 4.39 Å². The van der Waals surface area contributed by atoms with E-state index in [2.05, 4.69) is 35.0 Å². The maximum Gasteiger partial charge on any atom is 0.159 e. The molecule has 1 aliphatic rings. The molecule has 1 aromatic carbocycles. The van der Waals surface area contributed by atoms with E-state index < -0.39 is 0 Å². The molecule has 9 nitrogen and oxygen atoms in total. The Morgan fingerprint density at radius 1 is 0.925 bits per heavy atom. The van der Waals surface area contributed by atoms with Crippen LogP contribution in [0.3, 0.4) is 0 Å². The quantitative estimate of drug-likeness (QED) is 0.277. The summed E-state index contributed by atoms with van der Waals surface area (Å²) in [4.78, 5) is 24.0. The van der Waals surface area contributed by atoms with Gasteiger partial charge in [-0.05, 0) is 68.2 Å². The number of nitrogens with zero attached hydrogens (tertiary/aromatic N) is 6. The summed E-state index contributed by atoms with van der Waals surface area (Å²) in [6, 6.07) is 8.86. The van der Waals surface area contributed by atoms with Crippen LogP contribution in [-0.4, -0.2) is 66.3 Å². The van der Waals surface area contributed by atoms with Crippen LogP contribution in [0.25, 0.3) is 55.8 Å². The summed E-state index contributed by atoms with van der Waals surface area (Å²) in [7, 11) is 0. The highest BCUT2D eigenvalue weighted by atomic mass is 19.1. The van der Waals surface area contributed by atoms with Crippen molar-refractivity contribution < 1.29 is 9.13 Å². The number of likely N-dealkylation sites (tertiary alicyclic amines) is 1. The topological polar surface area (TPSA) is 108 Å². The van der Waals surface area contributed by atoms with Crippen LogP contribution in [0.1, 0.15) is 18.4 Å². The van der Waals surface area contributed by atoms with Crippen LogP contribution in [0.2, 0.25) is 0 Å². The van der Waals surface area contributed by atoms with Gasteiger partial charge in [-0.1, -0.05) is 6.07 Å². The van der Waals surface area contributed by atoms with Gasteiger partial charge in [0.05, 0.1) is 40.8 Å². The molecule has 1 saturated heterocycles. The molecule has 40 heavy (non-hydrogen) atoms. The number of nitrogens with one attached hydrogen (secondary N) is 2. The fraction of sp³-hybridized carbons (Fsp3) is 0.233. The van der Waals surface area contributed by atoms with E-state index in [9.17, 15) is 4.39 Å². The number of benzene rings is 1. The molecule has 0 saturated carbocycles. The van der Waals surface area contributed by atoms with Crippen molar-refractivity contribution in [2.24, 2.45) is 0 Å². The molecule has 7 rings (SSSR count). The number of pyridine rings is 3. The molecule has 0 spiro atoms. The number of halogens is 1. The lowest BCUT2D eigenvalue weighted by Crippen LogP contribution is -2.25. The molecule has 1 fully saturated rings. The molecule has 0 unspecified atom stereocenters. The van der Waals surface area contributed by atoms with E-state index in [1.807, 2.05) is 25.1 Å². The minimum atomic E-state index is -0.295. The lowest BCUT2D eigenvalue weighted by molar-refractivity contribution is 0.237. The summed E-state index contributed by atoms with van der Waals surface area (Å²) in [5, 5.41) is 8.45. The second-order valence-electron chi connectivity index (χ2n) is 10.2.